The number of likely N-dealkylation sites (N-methyl/N-ethyl adjacent to an activating group) is 1. The highest BCUT2D eigenvalue weighted by atomic mass is 32.2. The van der Waals surface area contributed by atoms with E-state index in [1.54, 1.807) is 31.5 Å². The average molecular weight is 586 g/mol. The van der Waals surface area contributed by atoms with Gasteiger partial charge in [0.05, 0.1) is 29.7 Å². The molecule has 1 aliphatic carbocycles. The summed E-state index contributed by atoms with van der Waals surface area (Å²) in [6, 6.07) is 8.87. The molecule has 1 unspecified atom stereocenters. The molecule has 2 aliphatic rings. The Morgan fingerprint density at radius 2 is 1.81 bits per heavy atom. The molecule has 0 amide bonds. The zero-order chi connectivity index (χ0) is 29.4. The van der Waals surface area contributed by atoms with Crippen molar-refractivity contribution in [3.05, 3.63) is 54.0 Å². The summed E-state index contributed by atoms with van der Waals surface area (Å²) in [6.45, 7) is 4.20. The van der Waals surface area contributed by atoms with E-state index in [0.29, 0.717) is 17.9 Å². The summed E-state index contributed by atoms with van der Waals surface area (Å²) in [6.07, 6.45) is 10.9. The van der Waals surface area contributed by atoms with Crippen molar-refractivity contribution in [3.63, 3.8) is 0 Å². The number of hydrogen-bond donors (Lipinski definition) is 2. The third kappa shape index (κ3) is 5.63. The molecule has 3 heterocycles. The fourth-order valence-corrected chi connectivity index (χ4v) is 6.06. The number of benzene rings is 2. The van der Waals surface area contributed by atoms with E-state index < -0.39 is 0 Å². The highest BCUT2D eigenvalue weighted by Crippen LogP contribution is 2.45. The van der Waals surface area contributed by atoms with Gasteiger partial charge in [-0.3, -0.25) is 9.97 Å². The molecular weight excluding hydrogens is 546 g/mol. The molecule has 11 heteroatoms. The lowest BCUT2D eigenvalue weighted by molar-refractivity contribution is 0.315. The van der Waals surface area contributed by atoms with Gasteiger partial charge in [-0.15, -0.1) is 0 Å². The highest BCUT2D eigenvalue weighted by molar-refractivity contribution is 7.99. The number of nitrogens with one attached hydrogen (secondary N) is 2. The Morgan fingerprint density at radius 3 is 2.52 bits per heavy atom. The van der Waals surface area contributed by atoms with Gasteiger partial charge in [-0.25, -0.2) is 4.98 Å². The predicted octanol–water partition coefficient (Wildman–Crippen LogP) is 5.96. The number of fused-ring (bicyclic) bond motifs is 1. The maximum Gasteiger partial charge on any atom is 0.229 e. The van der Waals surface area contributed by atoms with E-state index in [9.17, 15) is 0 Å². The number of ether oxygens (including phenoxy) is 1. The van der Waals surface area contributed by atoms with E-state index in [1.165, 1.54) is 11.3 Å². The lowest BCUT2D eigenvalue weighted by Gasteiger charge is -2.25. The zero-order valence-electron chi connectivity index (χ0n) is 25.2. The van der Waals surface area contributed by atoms with Crippen molar-refractivity contribution >= 4 is 57.5 Å². The van der Waals surface area contributed by atoms with Crippen LogP contribution in [0, 0.1) is 6.92 Å². The molecule has 0 spiro atoms. The van der Waals surface area contributed by atoms with Gasteiger partial charge >= 0.3 is 0 Å². The van der Waals surface area contributed by atoms with Crippen LogP contribution in [0.3, 0.4) is 0 Å². The molecule has 1 saturated heterocycles. The van der Waals surface area contributed by atoms with Crippen LogP contribution in [0.4, 0.5) is 34.5 Å². The minimum absolute atomic E-state index is 0.464. The van der Waals surface area contributed by atoms with Gasteiger partial charge in [-0.2, -0.15) is 4.98 Å². The third-order valence-electron chi connectivity index (χ3n) is 8.29. The van der Waals surface area contributed by atoms with Crippen molar-refractivity contribution in [2.75, 3.05) is 67.4 Å². The van der Waals surface area contributed by atoms with Crippen LogP contribution in [0.5, 0.6) is 5.75 Å². The molecule has 42 heavy (non-hydrogen) atoms. The van der Waals surface area contributed by atoms with Crippen LogP contribution in [0.25, 0.3) is 11.0 Å². The number of anilines is 6. The Hall–Kier alpha value is -3.83. The van der Waals surface area contributed by atoms with Gasteiger partial charge in [0.15, 0.2) is 0 Å². The fraction of sp³-hybridized carbons (Fsp3) is 0.419. The topological polar surface area (TPSA) is 94.6 Å². The predicted molar refractivity (Wildman–Crippen MR) is 174 cm³/mol. The molecule has 0 radical (unpaired) electrons. The second-order valence-electron chi connectivity index (χ2n) is 11.3. The Bertz CT molecular complexity index is 1590. The molecule has 1 saturated carbocycles. The van der Waals surface area contributed by atoms with E-state index in [1.807, 2.05) is 25.6 Å². The van der Waals surface area contributed by atoms with Crippen molar-refractivity contribution in [1.82, 2.24) is 24.8 Å². The fourth-order valence-electron chi connectivity index (χ4n) is 5.69. The van der Waals surface area contributed by atoms with Crippen LogP contribution in [-0.4, -0.2) is 78.5 Å². The standard InChI is InChI=1S/C31H39N9OS/c1-19-15-25(27(41-5)16-26(19)40-14-11-21(18-40)38(2)3)36-31-34-17-22(20-7-8-20)30(37-31)35-24-10-9-23-28(33-13-12-32-23)29(24)39(4)42-6/h9-10,12-13,15-17,20-21H,7-8,11,14,18H2,1-6H3,(H2,34,35,36,37). The van der Waals surface area contributed by atoms with Crippen LogP contribution in [0.2, 0.25) is 0 Å². The van der Waals surface area contributed by atoms with Gasteiger partial charge in [0.2, 0.25) is 5.95 Å². The number of nitrogens with zero attached hydrogens (tertiary/aromatic N) is 7. The Kier molecular flexibility index (Phi) is 7.96. The molecule has 1 aliphatic heterocycles. The Balaban J connectivity index is 1.32. The maximum absolute atomic E-state index is 5.85. The van der Waals surface area contributed by atoms with E-state index in [-0.39, 0.29) is 0 Å². The summed E-state index contributed by atoms with van der Waals surface area (Å²) >= 11 is 1.62. The summed E-state index contributed by atoms with van der Waals surface area (Å²) in [5.74, 6) is 2.55. The summed E-state index contributed by atoms with van der Waals surface area (Å²) in [5, 5.41) is 7.09. The van der Waals surface area contributed by atoms with Gasteiger partial charge in [0.1, 0.15) is 17.1 Å². The van der Waals surface area contributed by atoms with Crippen molar-refractivity contribution in [2.45, 2.75) is 38.1 Å². The smallest absolute Gasteiger partial charge is 0.229 e. The van der Waals surface area contributed by atoms with Crippen LogP contribution in [0.15, 0.2) is 42.9 Å². The van der Waals surface area contributed by atoms with Gasteiger partial charge in [-0.1, -0.05) is 11.9 Å². The highest BCUT2D eigenvalue weighted by Gasteiger charge is 2.29. The number of aryl methyl sites for hydroxylation is 1. The first-order valence-electron chi connectivity index (χ1n) is 14.4. The summed E-state index contributed by atoms with van der Waals surface area (Å²) in [7, 11) is 8.06. The molecule has 220 valence electrons. The minimum atomic E-state index is 0.464. The van der Waals surface area contributed by atoms with E-state index in [0.717, 1.165) is 77.6 Å². The van der Waals surface area contributed by atoms with Crippen molar-refractivity contribution in [3.8, 4) is 5.75 Å². The first-order chi connectivity index (χ1) is 20.4. The maximum atomic E-state index is 5.85. The number of hydrogen-bond acceptors (Lipinski definition) is 11. The third-order valence-corrected chi connectivity index (χ3v) is 9.02. The van der Waals surface area contributed by atoms with Crippen LogP contribution in [0.1, 0.15) is 36.3 Å². The summed E-state index contributed by atoms with van der Waals surface area (Å²) < 4.78 is 7.95. The lowest BCUT2D eigenvalue weighted by Crippen LogP contribution is -2.31. The number of methoxy groups -OCH3 is 1. The lowest BCUT2D eigenvalue weighted by atomic mass is 10.1. The zero-order valence-corrected chi connectivity index (χ0v) is 26.0. The summed E-state index contributed by atoms with van der Waals surface area (Å²) in [4.78, 5) is 23.6. The first kappa shape index (κ1) is 28.3. The molecule has 6 rings (SSSR count). The molecule has 0 bridgehead atoms. The SMILES string of the molecule is COc1cc(N2CCC(N(C)C)C2)c(C)cc1Nc1ncc(C2CC2)c(Nc2ccc3nccnc3c2N(C)SC)n1. The molecule has 1 atom stereocenters. The van der Waals surface area contributed by atoms with Gasteiger partial charge < -0.3 is 29.5 Å². The number of rotatable bonds is 10. The molecular formula is C31H39N9OS. The van der Waals surface area contributed by atoms with Crippen molar-refractivity contribution < 1.29 is 4.74 Å². The van der Waals surface area contributed by atoms with Gasteiger partial charge in [-0.05, 0) is 70.0 Å². The largest absolute Gasteiger partial charge is 0.494 e. The van der Waals surface area contributed by atoms with Crippen molar-refractivity contribution in [1.29, 1.82) is 0 Å². The van der Waals surface area contributed by atoms with E-state index >= 15 is 0 Å². The summed E-state index contributed by atoms with van der Waals surface area (Å²) in [5.41, 5.74) is 7.95. The normalized spacial score (nSPS) is 16.7. The first-order valence-corrected chi connectivity index (χ1v) is 15.6. The number of aromatic nitrogens is 4. The second-order valence-corrected chi connectivity index (χ2v) is 12.2. The molecule has 2 aromatic heterocycles. The molecule has 4 aromatic rings. The minimum Gasteiger partial charge on any atom is -0.494 e. The van der Waals surface area contributed by atoms with Crippen LogP contribution in [-0.2, 0) is 0 Å². The molecule has 10 nitrogen and oxygen atoms in total. The Morgan fingerprint density at radius 1 is 1.00 bits per heavy atom. The second kappa shape index (κ2) is 11.8. The molecule has 2 N–H and O–H groups in total. The molecule has 2 aromatic carbocycles. The van der Waals surface area contributed by atoms with E-state index in [2.05, 4.69) is 73.9 Å². The Labute approximate surface area is 252 Å². The van der Waals surface area contributed by atoms with Gasteiger partial charge in [0, 0.05) is 68.3 Å². The van der Waals surface area contributed by atoms with Crippen LogP contribution >= 0.6 is 11.9 Å². The quantitative estimate of drug-likeness (QED) is 0.216. The average Bonchev–Trinajstić information content (AvgIpc) is 3.72. The van der Waals surface area contributed by atoms with Gasteiger partial charge in [0.25, 0.3) is 0 Å². The molecule has 2 fully saturated rings. The van der Waals surface area contributed by atoms with E-state index in [4.69, 9.17) is 14.7 Å². The monoisotopic (exact) mass is 585 g/mol. The van der Waals surface area contributed by atoms with Crippen molar-refractivity contribution in [2.24, 2.45) is 0 Å². The van der Waals surface area contributed by atoms with Crippen LogP contribution < -0.4 is 24.6 Å².